The molecule has 0 bridgehead atoms. The number of rotatable bonds is 14. The third-order valence-corrected chi connectivity index (χ3v) is 8.03. The Bertz CT molecular complexity index is 1300. The minimum Gasteiger partial charge on any atom is -0.491 e. The number of ether oxygens (including phenoxy) is 3. The summed E-state index contributed by atoms with van der Waals surface area (Å²) >= 11 is 1.68. The van der Waals surface area contributed by atoms with Gasteiger partial charge < -0.3 is 24.8 Å². The molecule has 3 aromatic carbocycles. The molecule has 214 valence electrons. The van der Waals surface area contributed by atoms with Crippen LogP contribution in [-0.4, -0.2) is 70.2 Å². The van der Waals surface area contributed by atoms with Gasteiger partial charge in [-0.15, -0.1) is 0 Å². The standard InChI is InChI=1S/C31H39N3O5S/c1-22-19-25(10-13-29(22)39-18-17-38-3)40-34-15-5-8-23(20-34)31(36)33-27-11-12-28(32-14-6-16-37-2)30-24(21-35)7-4-9-26(27)30/h4,7,9-13,19,21,23,32H,5-6,8,14-18,20H2,1-3H3,(H,33,36). The monoisotopic (exact) mass is 565 g/mol. The normalized spacial score (nSPS) is 15.6. The second-order valence-corrected chi connectivity index (χ2v) is 11.1. The number of hydrogen-bond acceptors (Lipinski definition) is 8. The number of aryl methyl sites for hydroxylation is 1. The van der Waals surface area contributed by atoms with Crippen molar-refractivity contribution in [3.63, 3.8) is 0 Å². The zero-order valence-electron chi connectivity index (χ0n) is 23.5. The highest BCUT2D eigenvalue weighted by molar-refractivity contribution is 7.97. The molecule has 2 N–H and O–H groups in total. The number of nitrogens with zero attached hydrogens (tertiary/aromatic N) is 1. The first-order valence-corrected chi connectivity index (χ1v) is 14.5. The number of anilines is 2. The van der Waals surface area contributed by atoms with Gasteiger partial charge in [-0.2, -0.15) is 0 Å². The summed E-state index contributed by atoms with van der Waals surface area (Å²) in [6, 6.07) is 15.6. The van der Waals surface area contributed by atoms with Gasteiger partial charge in [0.05, 0.1) is 12.5 Å². The molecule has 1 aliphatic rings. The molecule has 0 radical (unpaired) electrons. The number of methoxy groups -OCH3 is 2. The van der Waals surface area contributed by atoms with Gasteiger partial charge in [0.1, 0.15) is 12.4 Å². The number of hydrogen-bond donors (Lipinski definition) is 2. The Morgan fingerprint density at radius 2 is 1.90 bits per heavy atom. The Morgan fingerprint density at radius 3 is 2.67 bits per heavy atom. The van der Waals surface area contributed by atoms with Crippen molar-refractivity contribution in [2.75, 3.05) is 64.3 Å². The first kappa shape index (κ1) is 29.9. The van der Waals surface area contributed by atoms with Crippen molar-refractivity contribution in [1.82, 2.24) is 4.31 Å². The summed E-state index contributed by atoms with van der Waals surface area (Å²) in [5.74, 6) is 0.732. The summed E-state index contributed by atoms with van der Waals surface area (Å²) in [6.07, 6.45) is 3.50. The zero-order valence-corrected chi connectivity index (χ0v) is 24.4. The van der Waals surface area contributed by atoms with Gasteiger partial charge in [0, 0.05) is 73.1 Å². The largest absolute Gasteiger partial charge is 0.491 e. The van der Waals surface area contributed by atoms with Crippen molar-refractivity contribution in [3.05, 3.63) is 59.7 Å². The van der Waals surface area contributed by atoms with Crippen molar-refractivity contribution in [2.45, 2.75) is 31.1 Å². The number of carbonyl (C=O) groups is 2. The van der Waals surface area contributed by atoms with Gasteiger partial charge in [-0.05, 0) is 74.0 Å². The van der Waals surface area contributed by atoms with Gasteiger partial charge >= 0.3 is 0 Å². The van der Waals surface area contributed by atoms with E-state index in [4.69, 9.17) is 14.2 Å². The Labute approximate surface area is 240 Å². The summed E-state index contributed by atoms with van der Waals surface area (Å²) in [7, 11) is 3.34. The van der Waals surface area contributed by atoms with Crippen molar-refractivity contribution in [3.8, 4) is 5.75 Å². The summed E-state index contributed by atoms with van der Waals surface area (Å²) in [5.41, 5.74) is 3.26. The highest BCUT2D eigenvalue weighted by atomic mass is 32.2. The zero-order chi connectivity index (χ0) is 28.3. The van der Waals surface area contributed by atoms with E-state index in [-0.39, 0.29) is 11.8 Å². The molecule has 1 heterocycles. The van der Waals surface area contributed by atoms with Crippen LogP contribution >= 0.6 is 11.9 Å². The summed E-state index contributed by atoms with van der Waals surface area (Å²) in [6.45, 7) is 6.08. The maximum atomic E-state index is 13.4. The van der Waals surface area contributed by atoms with Crippen LogP contribution in [0.25, 0.3) is 10.8 Å². The molecule has 1 amide bonds. The van der Waals surface area contributed by atoms with Gasteiger partial charge in [0.25, 0.3) is 0 Å². The number of nitrogens with one attached hydrogen (secondary N) is 2. The molecular formula is C31H39N3O5S. The molecule has 0 spiro atoms. The van der Waals surface area contributed by atoms with Crippen molar-refractivity contribution < 1.29 is 23.8 Å². The van der Waals surface area contributed by atoms with Gasteiger partial charge in [0.2, 0.25) is 5.91 Å². The predicted octanol–water partition coefficient (Wildman–Crippen LogP) is 5.79. The SMILES string of the molecule is COCCCNc1ccc(NC(=O)C2CCCN(Sc3ccc(OCCOC)c(C)c3)C2)c2cccc(C=O)c12. The average molecular weight is 566 g/mol. The third-order valence-electron chi connectivity index (χ3n) is 6.98. The molecule has 1 fully saturated rings. The van der Waals surface area contributed by atoms with Crippen LogP contribution in [0.15, 0.2) is 53.4 Å². The van der Waals surface area contributed by atoms with E-state index in [9.17, 15) is 9.59 Å². The van der Waals surface area contributed by atoms with Crippen molar-refractivity contribution in [1.29, 1.82) is 0 Å². The quantitative estimate of drug-likeness (QED) is 0.144. The van der Waals surface area contributed by atoms with Gasteiger partial charge in [0.15, 0.2) is 6.29 Å². The molecule has 8 nitrogen and oxygen atoms in total. The fourth-order valence-electron chi connectivity index (χ4n) is 4.93. The number of fused-ring (bicyclic) bond motifs is 1. The lowest BCUT2D eigenvalue weighted by Crippen LogP contribution is -2.37. The van der Waals surface area contributed by atoms with E-state index >= 15 is 0 Å². The highest BCUT2D eigenvalue weighted by Gasteiger charge is 2.27. The lowest BCUT2D eigenvalue weighted by atomic mass is 9.97. The second-order valence-electron chi connectivity index (χ2n) is 9.90. The summed E-state index contributed by atoms with van der Waals surface area (Å²) in [4.78, 5) is 26.4. The highest BCUT2D eigenvalue weighted by Crippen LogP contribution is 2.35. The first-order chi connectivity index (χ1) is 19.5. The maximum Gasteiger partial charge on any atom is 0.228 e. The molecule has 1 saturated heterocycles. The van der Waals surface area contributed by atoms with Crippen LogP contribution in [0.2, 0.25) is 0 Å². The maximum absolute atomic E-state index is 13.4. The Hall–Kier alpha value is -3.11. The Morgan fingerprint density at radius 1 is 1.07 bits per heavy atom. The Kier molecular flexibility index (Phi) is 11.2. The number of piperidine rings is 1. The van der Waals surface area contributed by atoms with Crippen LogP contribution in [0.4, 0.5) is 11.4 Å². The lowest BCUT2D eigenvalue weighted by molar-refractivity contribution is -0.120. The molecule has 4 rings (SSSR count). The molecule has 9 heteroatoms. The third kappa shape index (κ3) is 7.75. The molecular weight excluding hydrogens is 526 g/mol. The number of carbonyl (C=O) groups excluding carboxylic acids is 2. The fourth-order valence-corrected chi connectivity index (χ4v) is 6.06. The van der Waals surface area contributed by atoms with Crippen LogP contribution in [0.5, 0.6) is 5.75 Å². The molecule has 0 aliphatic carbocycles. The molecule has 40 heavy (non-hydrogen) atoms. The fraction of sp³-hybridized carbons (Fsp3) is 0.419. The van der Waals surface area contributed by atoms with E-state index in [2.05, 4.69) is 27.1 Å². The van der Waals surface area contributed by atoms with Gasteiger partial charge in [-0.3, -0.25) is 9.59 Å². The molecule has 1 unspecified atom stereocenters. The Balaban J connectivity index is 1.43. The van der Waals surface area contributed by atoms with Crippen LogP contribution in [0.3, 0.4) is 0 Å². The van der Waals surface area contributed by atoms with Crippen molar-refractivity contribution >= 4 is 46.3 Å². The number of benzene rings is 3. The molecule has 0 aromatic heterocycles. The van der Waals surface area contributed by atoms with Gasteiger partial charge in [-0.25, -0.2) is 4.31 Å². The minimum atomic E-state index is -0.129. The van der Waals surface area contributed by atoms with E-state index in [1.807, 2.05) is 37.3 Å². The van der Waals surface area contributed by atoms with Crippen LogP contribution in [0.1, 0.15) is 35.2 Å². The van der Waals surface area contributed by atoms with Crippen LogP contribution in [0, 0.1) is 12.8 Å². The van der Waals surface area contributed by atoms with E-state index < -0.39 is 0 Å². The predicted molar refractivity (Wildman–Crippen MR) is 162 cm³/mol. The second kappa shape index (κ2) is 15.0. The van der Waals surface area contributed by atoms with E-state index in [0.717, 1.165) is 77.0 Å². The molecule has 1 atom stereocenters. The molecule has 0 saturated carbocycles. The summed E-state index contributed by atoms with van der Waals surface area (Å²) < 4.78 is 18.3. The van der Waals surface area contributed by atoms with E-state index in [1.54, 1.807) is 32.2 Å². The number of amides is 1. The van der Waals surface area contributed by atoms with E-state index in [1.165, 1.54) is 0 Å². The minimum absolute atomic E-state index is 0.00183. The van der Waals surface area contributed by atoms with Gasteiger partial charge in [-0.1, -0.05) is 18.2 Å². The van der Waals surface area contributed by atoms with Crippen LogP contribution in [-0.2, 0) is 14.3 Å². The average Bonchev–Trinajstić information content (AvgIpc) is 2.97. The molecule has 3 aromatic rings. The smallest absolute Gasteiger partial charge is 0.228 e. The summed E-state index contributed by atoms with van der Waals surface area (Å²) in [5, 5.41) is 8.25. The molecule has 1 aliphatic heterocycles. The topological polar surface area (TPSA) is 89.1 Å². The van der Waals surface area contributed by atoms with E-state index in [0.29, 0.717) is 31.9 Å². The first-order valence-electron chi connectivity index (χ1n) is 13.7. The lowest BCUT2D eigenvalue weighted by Gasteiger charge is -2.31. The van der Waals surface area contributed by atoms with Crippen LogP contribution < -0.4 is 15.4 Å². The number of aldehydes is 1. The van der Waals surface area contributed by atoms with Crippen molar-refractivity contribution in [2.24, 2.45) is 5.92 Å².